The van der Waals surface area contributed by atoms with Crippen molar-refractivity contribution in [3.63, 3.8) is 0 Å². The smallest absolute Gasteiger partial charge is 0.303 e. The van der Waals surface area contributed by atoms with Crippen molar-refractivity contribution >= 4 is 5.97 Å². The number of ether oxygens (including phenoxy) is 1. The van der Waals surface area contributed by atoms with Crippen molar-refractivity contribution in [3.8, 4) is 0 Å². The highest BCUT2D eigenvalue weighted by atomic mass is 16.5. The van der Waals surface area contributed by atoms with E-state index in [2.05, 4.69) is 34.3 Å². The van der Waals surface area contributed by atoms with E-state index in [4.69, 9.17) is 4.74 Å². The van der Waals surface area contributed by atoms with Crippen LogP contribution in [0.25, 0.3) is 0 Å². The number of carboxylic acids is 1. The Morgan fingerprint density at radius 1 is 0.970 bits per heavy atom. The molecule has 3 saturated carbocycles. The maximum absolute atomic E-state index is 11.5. The molecule has 9 atom stereocenters. The lowest BCUT2D eigenvalue weighted by atomic mass is 9.44. The molecule has 0 bridgehead atoms. The van der Waals surface area contributed by atoms with E-state index < -0.39 is 11.6 Å². The van der Waals surface area contributed by atoms with Gasteiger partial charge in [0.25, 0.3) is 0 Å². The second-order valence-electron chi connectivity index (χ2n) is 13.5. The lowest BCUT2D eigenvalue weighted by Crippen LogP contribution is -2.54. The number of aliphatic carboxylic acids is 1. The highest BCUT2D eigenvalue weighted by molar-refractivity contribution is 5.66. The van der Waals surface area contributed by atoms with Crippen LogP contribution in [0.2, 0.25) is 0 Å². The van der Waals surface area contributed by atoms with Gasteiger partial charge < -0.3 is 14.9 Å². The first kappa shape index (κ1) is 25.2. The van der Waals surface area contributed by atoms with Crippen molar-refractivity contribution < 1.29 is 19.7 Å². The zero-order valence-corrected chi connectivity index (χ0v) is 22.0. The molecule has 4 nitrogen and oxygen atoms in total. The number of carbonyl (C=O) groups is 1. The van der Waals surface area contributed by atoms with Crippen LogP contribution in [0.1, 0.15) is 106 Å². The first-order valence-electron chi connectivity index (χ1n) is 13.5. The average Bonchev–Trinajstić information content (AvgIpc) is 3.28. The van der Waals surface area contributed by atoms with Crippen LogP contribution in [-0.2, 0) is 9.53 Å². The van der Waals surface area contributed by atoms with E-state index in [-0.39, 0.29) is 23.5 Å². The van der Waals surface area contributed by atoms with Crippen LogP contribution < -0.4 is 0 Å². The van der Waals surface area contributed by atoms with Crippen LogP contribution in [0.5, 0.6) is 0 Å². The fraction of sp³-hybridized carbons (Fsp3) is 0.897. The van der Waals surface area contributed by atoms with Crippen molar-refractivity contribution in [3.05, 3.63) is 12.2 Å². The number of fused-ring (bicyclic) bond motifs is 3. The third kappa shape index (κ3) is 4.11. The third-order valence-electron chi connectivity index (χ3n) is 11.2. The zero-order valence-electron chi connectivity index (χ0n) is 22.0. The molecule has 0 aromatic rings. The molecule has 1 aliphatic heterocycles. The molecule has 33 heavy (non-hydrogen) atoms. The van der Waals surface area contributed by atoms with Gasteiger partial charge in [0.1, 0.15) is 0 Å². The number of aliphatic hydroxyl groups is 1. The van der Waals surface area contributed by atoms with Crippen molar-refractivity contribution in [2.45, 2.75) is 123 Å². The van der Waals surface area contributed by atoms with Gasteiger partial charge in [-0.05, 0) is 126 Å². The molecule has 4 aliphatic rings. The van der Waals surface area contributed by atoms with E-state index in [1.165, 1.54) is 37.7 Å². The Morgan fingerprint density at radius 3 is 2.15 bits per heavy atom. The molecule has 0 amide bonds. The predicted molar refractivity (Wildman–Crippen MR) is 132 cm³/mol. The molecule has 0 aromatic heterocycles. The SMILES string of the molecule is C=C(C)[C@@H]1CC[C@@H]2[C@H](CC[C@@H]3[C@@H]([C@]4(C)CC[C@@H](C(C)(C)O)O4)CC[C@]23C)[C@@]1(C)CCC(=O)O. The summed E-state index contributed by atoms with van der Waals surface area (Å²) < 4.78 is 6.65. The quantitative estimate of drug-likeness (QED) is 0.438. The minimum absolute atomic E-state index is 0.0268. The van der Waals surface area contributed by atoms with Crippen LogP contribution in [0.3, 0.4) is 0 Å². The Bertz CT molecular complexity index is 783. The van der Waals surface area contributed by atoms with Gasteiger partial charge >= 0.3 is 5.97 Å². The maximum Gasteiger partial charge on any atom is 0.303 e. The summed E-state index contributed by atoms with van der Waals surface area (Å²) >= 11 is 0. The molecule has 0 spiro atoms. The predicted octanol–water partition coefficient (Wildman–Crippen LogP) is 6.61. The average molecular weight is 461 g/mol. The van der Waals surface area contributed by atoms with Gasteiger partial charge in [-0.2, -0.15) is 0 Å². The van der Waals surface area contributed by atoms with Crippen molar-refractivity contribution in [2.75, 3.05) is 0 Å². The second-order valence-corrected chi connectivity index (χ2v) is 13.5. The molecule has 4 rings (SSSR count). The number of carboxylic acid groups (broad SMARTS) is 1. The van der Waals surface area contributed by atoms with E-state index in [0.717, 1.165) is 25.7 Å². The molecular weight excluding hydrogens is 412 g/mol. The topological polar surface area (TPSA) is 66.8 Å². The lowest BCUT2D eigenvalue weighted by molar-refractivity contribution is -0.158. The Labute approximate surface area is 201 Å². The van der Waals surface area contributed by atoms with Gasteiger partial charge in [-0.1, -0.05) is 26.0 Å². The summed E-state index contributed by atoms with van der Waals surface area (Å²) in [7, 11) is 0. The summed E-state index contributed by atoms with van der Waals surface area (Å²) in [5.74, 6) is 2.21. The molecule has 3 aliphatic carbocycles. The standard InChI is InChI=1S/C29H48O4/c1-18(2)19-8-9-21-20(27(19,5)16-14-25(30)31)10-11-22-23(12-15-28(21,22)6)29(7)17-13-24(33-29)26(3,4)32/h19-24,32H,1,8-17H2,2-7H3,(H,30,31)/t19-,20-,21+,22+,23-,24-,27-,28+,29-/m0/s1. The number of hydrogen-bond donors (Lipinski definition) is 2. The molecule has 0 radical (unpaired) electrons. The van der Waals surface area contributed by atoms with E-state index in [0.29, 0.717) is 35.0 Å². The van der Waals surface area contributed by atoms with Gasteiger partial charge in [0, 0.05) is 6.42 Å². The Morgan fingerprint density at radius 2 is 1.58 bits per heavy atom. The molecule has 188 valence electrons. The summed E-state index contributed by atoms with van der Waals surface area (Å²) in [6.45, 7) is 17.5. The number of rotatable bonds is 6. The second kappa shape index (κ2) is 8.36. The van der Waals surface area contributed by atoms with Gasteiger partial charge in [-0.25, -0.2) is 0 Å². The van der Waals surface area contributed by atoms with Gasteiger partial charge in [0.05, 0.1) is 17.3 Å². The highest BCUT2D eigenvalue weighted by Crippen LogP contribution is 2.69. The Kier molecular flexibility index (Phi) is 6.39. The summed E-state index contributed by atoms with van der Waals surface area (Å²) in [6, 6.07) is 0. The molecule has 1 heterocycles. The molecule has 0 unspecified atom stereocenters. The molecule has 4 fully saturated rings. The van der Waals surface area contributed by atoms with Gasteiger partial charge in [0.2, 0.25) is 0 Å². The normalized spacial score (nSPS) is 47.7. The minimum Gasteiger partial charge on any atom is -0.481 e. The van der Waals surface area contributed by atoms with Gasteiger partial charge in [-0.15, -0.1) is 0 Å². The first-order chi connectivity index (χ1) is 15.2. The maximum atomic E-state index is 11.5. The summed E-state index contributed by atoms with van der Waals surface area (Å²) in [5, 5.41) is 20.1. The van der Waals surface area contributed by atoms with Crippen LogP contribution in [0.4, 0.5) is 0 Å². The highest BCUT2D eigenvalue weighted by Gasteiger charge is 2.63. The molecule has 0 aromatic carbocycles. The van der Waals surface area contributed by atoms with E-state index in [9.17, 15) is 15.0 Å². The van der Waals surface area contributed by atoms with E-state index in [1.807, 2.05) is 13.8 Å². The third-order valence-corrected chi connectivity index (χ3v) is 11.2. The number of allylic oxidation sites excluding steroid dienone is 1. The monoisotopic (exact) mass is 460 g/mol. The number of hydrogen-bond acceptors (Lipinski definition) is 3. The molecule has 2 N–H and O–H groups in total. The fourth-order valence-electron chi connectivity index (χ4n) is 9.49. The lowest BCUT2D eigenvalue weighted by Gasteiger charge is -2.61. The van der Waals surface area contributed by atoms with E-state index >= 15 is 0 Å². The van der Waals surface area contributed by atoms with Gasteiger partial charge in [0.15, 0.2) is 0 Å². The van der Waals surface area contributed by atoms with Crippen LogP contribution in [0, 0.1) is 40.4 Å². The van der Waals surface area contributed by atoms with Gasteiger partial charge in [-0.3, -0.25) is 4.79 Å². The Balaban J connectivity index is 1.59. The minimum atomic E-state index is -0.787. The van der Waals surface area contributed by atoms with Crippen LogP contribution in [0.15, 0.2) is 12.2 Å². The van der Waals surface area contributed by atoms with Crippen LogP contribution >= 0.6 is 0 Å². The van der Waals surface area contributed by atoms with Crippen molar-refractivity contribution in [2.24, 2.45) is 40.4 Å². The fourth-order valence-corrected chi connectivity index (χ4v) is 9.49. The van der Waals surface area contributed by atoms with Crippen molar-refractivity contribution in [1.29, 1.82) is 0 Å². The van der Waals surface area contributed by atoms with Crippen molar-refractivity contribution in [1.82, 2.24) is 0 Å². The zero-order chi connectivity index (χ0) is 24.4. The molecule has 4 heteroatoms. The molecule has 1 saturated heterocycles. The summed E-state index contributed by atoms with van der Waals surface area (Å²) in [5.41, 5.74) is 0.643. The Hall–Kier alpha value is -0.870. The van der Waals surface area contributed by atoms with Crippen LogP contribution in [-0.4, -0.2) is 33.5 Å². The summed E-state index contributed by atoms with van der Waals surface area (Å²) in [4.78, 5) is 11.5. The summed E-state index contributed by atoms with van der Waals surface area (Å²) in [6.07, 6.45) is 10.2. The van der Waals surface area contributed by atoms with E-state index in [1.54, 1.807) is 0 Å². The largest absolute Gasteiger partial charge is 0.481 e. The molecular formula is C29H48O4. The first-order valence-corrected chi connectivity index (χ1v) is 13.5.